The number of carbonyl (C=O) groups is 1. The summed E-state index contributed by atoms with van der Waals surface area (Å²) in [5.74, 6) is -0.411. The molecule has 0 aliphatic rings. The van der Waals surface area contributed by atoms with Gasteiger partial charge in [0, 0.05) is 32.7 Å². The van der Waals surface area contributed by atoms with Crippen LogP contribution in [0.4, 0.5) is 5.69 Å². The topological polar surface area (TPSA) is 93.0 Å². The lowest BCUT2D eigenvalue weighted by Gasteiger charge is -2.25. The van der Waals surface area contributed by atoms with Crippen molar-refractivity contribution in [1.82, 2.24) is 9.99 Å². The minimum absolute atomic E-state index is 0.0195. The molecule has 0 aliphatic heterocycles. The number of aryl methyl sites for hydroxylation is 2. The van der Waals surface area contributed by atoms with Crippen LogP contribution in [0.25, 0.3) is 5.69 Å². The molecule has 1 N–H and O–H groups in total. The third-order valence-corrected chi connectivity index (χ3v) is 8.51. The van der Waals surface area contributed by atoms with Gasteiger partial charge in [0.05, 0.1) is 23.9 Å². The molecule has 8 nitrogen and oxygen atoms in total. The molecule has 4 rings (SSSR count). The van der Waals surface area contributed by atoms with Crippen LogP contribution in [0.5, 0.6) is 5.75 Å². The van der Waals surface area contributed by atoms with E-state index in [0.29, 0.717) is 5.02 Å². The number of methoxy groups -OCH3 is 1. The van der Waals surface area contributed by atoms with Crippen LogP contribution in [0.1, 0.15) is 22.5 Å². The van der Waals surface area contributed by atoms with Crippen LogP contribution in [-0.4, -0.2) is 38.8 Å². The van der Waals surface area contributed by atoms with E-state index in [-0.39, 0.29) is 21.4 Å². The maximum absolute atomic E-state index is 13.7. The van der Waals surface area contributed by atoms with Crippen LogP contribution in [0.3, 0.4) is 0 Å². The summed E-state index contributed by atoms with van der Waals surface area (Å²) in [6.45, 7) is 5.19. The zero-order chi connectivity index (χ0) is 29.0. The highest BCUT2D eigenvalue weighted by Gasteiger charge is 2.29. The number of sulfonamides is 1. The van der Waals surface area contributed by atoms with E-state index < -0.39 is 22.5 Å². The van der Waals surface area contributed by atoms with Crippen molar-refractivity contribution in [3.8, 4) is 11.4 Å². The Morgan fingerprint density at radius 3 is 2.27 bits per heavy atom. The number of aromatic nitrogens is 1. The summed E-state index contributed by atoms with van der Waals surface area (Å²) in [6.07, 6.45) is 1.52. The standard InChI is InChI=1S/C29H28Cl2N4O4S/c1-19-5-12-26(13-6-19)40(37,38)34(27-16-24(31)9-14-28(27)39-4)18-29(36)33-32-17-22-15-20(2)35(21(22)3)25-10-7-23(30)8-11-25/h5-17H,18H2,1-4H3,(H,33,36)/b32-17-. The second-order valence-corrected chi connectivity index (χ2v) is 11.8. The molecule has 40 heavy (non-hydrogen) atoms. The quantitative estimate of drug-likeness (QED) is 0.187. The average Bonchev–Trinajstić information content (AvgIpc) is 3.20. The minimum atomic E-state index is -4.17. The number of hydrazone groups is 1. The fourth-order valence-electron chi connectivity index (χ4n) is 4.24. The molecule has 0 fully saturated rings. The summed E-state index contributed by atoms with van der Waals surface area (Å²) in [7, 11) is -2.76. The summed E-state index contributed by atoms with van der Waals surface area (Å²) in [6, 6.07) is 20.3. The van der Waals surface area contributed by atoms with Crippen molar-refractivity contribution in [2.75, 3.05) is 18.0 Å². The number of hydrogen-bond acceptors (Lipinski definition) is 5. The van der Waals surface area contributed by atoms with Crippen molar-refractivity contribution in [1.29, 1.82) is 0 Å². The Labute approximate surface area is 243 Å². The molecule has 0 radical (unpaired) electrons. The fourth-order valence-corrected chi connectivity index (χ4v) is 5.96. The molecule has 0 saturated carbocycles. The van der Waals surface area contributed by atoms with Gasteiger partial charge in [0.15, 0.2) is 0 Å². The number of hydrogen-bond donors (Lipinski definition) is 1. The summed E-state index contributed by atoms with van der Waals surface area (Å²) in [4.78, 5) is 13.0. The molecule has 0 saturated heterocycles. The zero-order valence-electron chi connectivity index (χ0n) is 22.4. The van der Waals surface area contributed by atoms with Crippen LogP contribution in [-0.2, 0) is 14.8 Å². The number of halogens is 2. The van der Waals surface area contributed by atoms with Crippen LogP contribution in [0, 0.1) is 20.8 Å². The summed E-state index contributed by atoms with van der Waals surface area (Å²) in [5.41, 5.74) is 7.07. The average molecular weight is 600 g/mol. The molecule has 1 amide bonds. The molecule has 0 bridgehead atoms. The highest BCUT2D eigenvalue weighted by molar-refractivity contribution is 7.92. The summed E-state index contributed by atoms with van der Waals surface area (Å²) >= 11 is 12.2. The van der Waals surface area contributed by atoms with Crippen molar-refractivity contribution in [2.45, 2.75) is 25.7 Å². The Bertz CT molecular complexity index is 1670. The third-order valence-electron chi connectivity index (χ3n) is 6.25. The Hall–Kier alpha value is -3.79. The second-order valence-electron chi connectivity index (χ2n) is 9.07. The van der Waals surface area contributed by atoms with Crippen LogP contribution in [0.2, 0.25) is 10.0 Å². The number of nitrogens with one attached hydrogen (secondary N) is 1. The number of rotatable bonds is 9. The molecule has 1 heterocycles. The smallest absolute Gasteiger partial charge is 0.264 e. The second kappa shape index (κ2) is 12.2. The first-order valence-electron chi connectivity index (χ1n) is 12.2. The van der Waals surface area contributed by atoms with Crippen molar-refractivity contribution < 1.29 is 17.9 Å². The molecule has 0 spiro atoms. The number of carbonyl (C=O) groups excluding carboxylic acids is 1. The maximum Gasteiger partial charge on any atom is 0.264 e. The first kappa shape index (κ1) is 29.2. The van der Waals surface area contributed by atoms with Crippen molar-refractivity contribution in [3.05, 3.63) is 105 Å². The lowest BCUT2D eigenvalue weighted by molar-refractivity contribution is -0.119. The van der Waals surface area contributed by atoms with Gasteiger partial charge >= 0.3 is 0 Å². The molecule has 4 aromatic rings. The number of benzene rings is 3. The van der Waals surface area contributed by atoms with Gasteiger partial charge in [-0.05, 0) is 81.4 Å². The van der Waals surface area contributed by atoms with Gasteiger partial charge in [-0.3, -0.25) is 9.10 Å². The van der Waals surface area contributed by atoms with E-state index in [1.807, 2.05) is 55.7 Å². The van der Waals surface area contributed by atoms with Crippen LogP contribution < -0.4 is 14.5 Å². The van der Waals surface area contributed by atoms with Gasteiger partial charge in [0.1, 0.15) is 12.3 Å². The van der Waals surface area contributed by atoms with E-state index in [2.05, 4.69) is 10.5 Å². The molecule has 0 atom stereocenters. The molecule has 11 heteroatoms. The largest absolute Gasteiger partial charge is 0.495 e. The molecular weight excluding hydrogens is 571 g/mol. The van der Waals surface area contributed by atoms with E-state index in [1.54, 1.807) is 24.3 Å². The first-order valence-corrected chi connectivity index (χ1v) is 14.4. The van der Waals surface area contributed by atoms with Gasteiger partial charge in [0.2, 0.25) is 0 Å². The lowest BCUT2D eigenvalue weighted by atomic mass is 10.2. The number of amides is 1. The Morgan fingerprint density at radius 1 is 0.975 bits per heavy atom. The molecule has 0 aliphatic carbocycles. The van der Waals surface area contributed by atoms with Gasteiger partial charge in [-0.25, -0.2) is 13.8 Å². The molecule has 3 aromatic carbocycles. The van der Waals surface area contributed by atoms with E-state index in [9.17, 15) is 13.2 Å². The van der Waals surface area contributed by atoms with E-state index in [0.717, 1.165) is 32.5 Å². The number of anilines is 1. The van der Waals surface area contributed by atoms with Gasteiger partial charge in [0.25, 0.3) is 15.9 Å². The predicted octanol–water partition coefficient (Wildman–Crippen LogP) is 6.06. The summed E-state index contributed by atoms with van der Waals surface area (Å²) < 4.78 is 35.8. The molecular formula is C29H28Cl2N4O4S. The van der Waals surface area contributed by atoms with E-state index >= 15 is 0 Å². The Morgan fingerprint density at radius 2 is 1.62 bits per heavy atom. The maximum atomic E-state index is 13.7. The molecule has 1 aromatic heterocycles. The lowest BCUT2D eigenvalue weighted by Crippen LogP contribution is -2.39. The normalized spacial score (nSPS) is 11.6. The summed E-state index contributed by atoms with van der Waals surface area (Å²) in [5, 5.41) is 5.03. The molecule has 208 valence electrons. The fraction of sp³-hybridized carbons (Fsp3) is 0.172. The van der Waals surface area contributed by atoms with Gasteiger partial charge in [-0.1, -0.05) is 40.9 Å². The van der Waals surface area contributed by atoms with Crippen molar-refractivity contribution in [3.63, 3.8) is 0 Å². The number of ether oxygens (including phenoxy) is 1. The SMILES string of the molecule is COc1ccc(Cl)cc1N(CC(=O)N/N=C\c1cc(C)n(-c2ccc(Cl)cc2)c1C)S(=O)(=O)c1ccc(C)cc1. The van der Waals surface area contributed by atoms with Crippen LogP contribution in [0.15, 0.2) is 82.8 Å². The highest BCUT2D eigenvalue weighted by Crippen LogP contribution is 2.34. The third kappa shape index (κ3) is 6.33. The zero-order valence-corrected chi connectivity index (χ0v) is 24.7. The monoisotopic (exact) mass is 598 g/mol. The first-order chi connectivity index (χ1) is 19.0. The van der Waals surface area contributed by atoms with Gasteiger partial charge < -0.3 is 9.30 Å². The van der Waals surface area contributed by atoms with Crippen LogP contribution >= 0.6 is 23.2 Å². The van der Waals surface area contributed by atoms with E-state index in [1.165, 1.54) is 31.5 Å². The number of nitrogens with zero attached hydrogens (tertiary/aromatic N) is 3. The predicted molar refractivity (Wildman–Crippen MR) is 160 cm³/mol. The Kier molecular flexibility index (Phi) is 8.88. The highest BCUT2D eigenvalue weighted by atomic mass is 35.5. The minimum Gasteiger partial charge on any atom is -0.495 e. The molecule has 0 unspecified atom stereocenters. The van der Waals surface area contributed by atoms with Crippen molar-refractivity contribution >= 4 is 51.0 Å². The van der Waals surface area contributed by atoms with Gasteiger partial charge in [-0.15, -0.1) is 0 Å². The van der Waals surface area contributed by atoms with Crippen molar-refractivity contribution in [2.24, 2.45) is 5.10 Å². The Balaban J connectivity index is 1.60. The van der Waals surface area contributed by atoms with E-state index in [4.69, 9.17) is 27.9 Å². The van der Waals surface area contributed by atoms with Gasteiger partial charge in [-0.2, -0.15) is 5.10 Å².